The largest absolute Gasteiger partial charge is 0.354 e. The summed E-state index contributed by atoms with van der Waals surface area (Å²) in [5.74, 6) is 1.29. The molecule has 0 saturated heterocycles. The molecular formula is C17H24N4OS. The summed E-state index contributed by atoms with van der Waals surface area (Å²) in [5, 5.41) is 3.25. The molecule has 2 heterocycles. The molecule has 0 fully saturated rings. The predicted octanol–water partition coefficient (Wildman–Crippen LogP) is 3.39. The van der Waals surface area contributed by atoms with Crippen LogP contribution in [-0.4, -0.2) is 41.4 Å². The molecule has 0 aliphatic rings. The van der Waals surface area contributed by atoms with Crippen LogP contribution in [0, 0.1) is 0 Å². The fourth-order valence-electron chi connectivity index (χ4n) is 2.09. The number of aromatic nitrogens is 2. The Hall–Kier alpha value is -1.95. The fraction of sp³-hybridized carbons (Fsp3) is 0.471. The van der Waals surface area contributed by atoms with Crippen molar-refractivity contribution in [2.24, 2.45) is 0 Å². The van der Waals surface area contributed by atoms with Crippen molar-refractivity contribution in [3.63, 3.8) is 0 Å². The fourth-order valence-corrected chi connectivity index (χ4v) is 2.91. The van der Waals surface area contributed by atoms with E-state index in [0.29, 0.717) is 24.6 Å². The number of hydrogen-bond acceptors (Lipinski definition) is 5. The molecular weight excluding hydrogens is 308 g/mol. The number of nitrogens with zero attached hydrogens (tertiary/aromatic N) is 4. The average molecular weight is 332 g/mol. The molecule has 0 unspecified atom stereocenters. The first-order chi connectivity index (χ1) is 10.9. The smallest absolute Gasteiger partial charge is 0.255 e. The number of carbonyl (C=O) groups excluding carboxylic acids is 1. The molecule has 0 radical (unpaired) electrons. The molecule has 0 aromatic carbocycles. The molecule has 0 saturated carbocycles. The highest BCUT2D eigenvalue weighted by Gasteiger charge is 2.12. The van der Waals surface area contributed by atoms with E-state index in [-0.39, 0.29) is 5.91 Å². The molecule has 2 aromatic heterocycles. The summed E-state index contributed by atoms with van der Waals surface area (Å²) in [6, 6.07) is 3.71. The molecule has 0 aliphatic heterocycles. The Balaban J connectivity index is 2.04. The molecule has 5 nitrogen and oxygen atoms in total. The van der Waals surface area contributed by atoms with E-state index in [9.17, 15) is 4.79 Å². The molecule has 0 atom stereocenters. The zero-order valence-corrected chi connectivity index (χ0v) is 15.2. The summed E-state index contributed by atoms with van der Waals surface area (Å²) in [5.41, 5.74) is 1.66. The number of carbonyl (C=O) groups is 1. The summed E-state index contributed by atoms with van der Waals surface area (Å²) in [6.45, 7) is 7.64. The van der Waals surface area contributed by atoms with E-state index in [0.717, 1.165) is 16.5 Å². The van der Waals surface area contributed by atoms with Gasteiger partial charge >= 0.3 is 0 Å². The quantitative estimate of drug-likeness (QED) is 0.813. The van der Waals surface area contributed by atoms with Gasteiger partial charge in [0.05, 0.1) is 22.8 Å². The molecule has 0 spiro atoms. The van der Waals surface area contributed by atoms with Crippen LogP contribution in [0.3, 0.4) is 0 Å². The lowest BCUT2D eigenvalue weighted by molar-refractivity contribution is 0.0802. The SMILES string of the molecule is CCN(C)C(=O)c1ccc(N(C)Cc2csc(C(C)C)n2)nc1. The van der Waals surface area contributed by atoms with Crippen molar-refractivity contribution in [2.45, 2.75) is 33.2 Å². The lowest BCUT2D eigenvalue weighted by Gasteiger charge is -2.18. The highest BCUT2D eigenvalue weighted by molar-refractivity contribution is 7.09. The third-order valence-electron chi connectivity index (χ3n) is 3.67. The van der Waals surface area contributed by atoms with Gasteiger partial charge in [-0.25, -0.2) is 9.97 Å². The van der Waals surface area contributed by atoms with Crippen LogP contribution < -0.4 is 4.90 Å². The lowest BCUT2D eigenvalue weighted by atomic mass is 10.2. The molecule has 0 N–H and O–H groups in total. The Morgan fingerprint density at radius 2 is 2.04 bits per heavy atom. The first-order valence-electron chi connectivity index (χ1n) is 7.79. The van der Waals surface area contributed by atoms with Gasteiger partial charge in [0.1, 0.15) is 5.82 Å². The second kappa shape index (κ2) is 7.55. The topological polar surface area (TPSA) is 49.3 Å². The second-order valence-corrected chi connectivity index (χ2v) is 6.80. The molecule has 2 rings (SSSR count). The number of rotatable bonds is 6. The van der Waals surface area contributed by atoms with E-state index in [2.05, 4.69) is 29.2 Å². The van der Waals surface area contributed by atoms with E-state index >= 15 is 0 Å². The first kappa shape index (κ1) is 17.4. The minimum atomic E-state index is -0.00437. The summed E-state index contributed by atoms with van der Waals surface area (Å²) in [6.07, 6.45) is 1.64. The van der Waals surface area contributed by atoms with E-state index < -0.39 is 0 Å². The van der Waals surface area contributed by atoms with E-state index in [1.807, 2.05) is 31.0 Å². The minimum absolute atomic E-state index is 0.00437. The molecule has 23 heavy (non-hydrogen) atoms. The van der Waals surface area contributed by atoms with Gasteiger partial charge < -0.3 is 9.80 Å². The van der Waals surface area contributed by atoms with Gasteiger partial charge in [0.25, 0.3) is 5.91 Å². The van der Waals surface area contributed by atoms with Crippen molar-refractivity contribution in [2.75, 3.05) is 25.5 Å². The van der Waals surface area contributed by atoms with Crippen molar-refractivity contribution < 1.29 is 4.79 Å². The lowest BCUT2D eigenvalue weighted by Crippen LogP contribution is -2.26. The Morgan fingerprint density at radius 3 is 2.57 bits per heavy atom. The van der Waals surface area contributed by atoms with Crippen molar-refractivity contribution in [1.82, 2.24) is 14.9 Å². The minimum Gasteiger partial charge on any atom is -0.354 e. The van der Waals surface area contributed by atoms with Gasteiger partial charge in [0, 0.05) is 38.1 Å². The predicted molar refractivity (Wildman–Crippen MR) is 95.2 cm³/mol. The average Bonchev–Trinajstić information content (AvgIpc) is 3.02. The number of thiazole rings is 1. The zero-order chi connectivity index (χ0) is 17.0. The molecule has 1 amide bonds. The highest BCUT2D eigenvalue weighted by Crippen LogP contribution is 2.21. The standard InChI is InChI=1S/C17H24N4OS/c1-6-20(4)17(22)13-7-8-15(18-9-13)21(5)10-14-11-23-16(19-14)12(2)3/h7-9,11-12H,6,10H2,1-5H3. The van der Waals surface area contributed by atoms with Crippen LogP contribution in [0.25, 0.3) is 0 Å². The van der Waals surface area contributed by atoms with Crippen LogP contribution in [0.4, 0.5) is 5.82 Å². The van der Waals surface area contributed by atoms with Gasteiger partial charge in [-0.15, -0.1) is 11.3 Å². The number of anilines is 1. The van der Waals surface area contributed by atoms with Gasteiger partial charge in [-0.1, -0.05) is 13.8 Å². The van der Waals surface area contributed by atoms with Gasteiger partial charge in [0.2, 0.25) is 0 Å². The van der Waals surface area contributed by atoms with Crippen molar-refractivity contribution in [3.8, 4) is 0 Å². The molecule has 0 bridgehead atoms. The third kappa shape index (κ3) is 4.28. The van der Waals surface area contributed by atoms with E-state index in [1.165, 1.54) is 0 Å². The number of hydrogen-bond donors (Lipinski definition) is 0. The Bertz CT molecular complexity index is 651. The van der Waals surface area contributed by atoms with Crippen LogP contribution in [-0.2, 0) is 6.54 Å². The number of pyridine rings is 1. The van der Waals surface area contributed by atoms with Crippen LogP contribution in [0.2, 0.25) is 0 Å². The Kier molecular flexibility index (Phi) is 5.71. The van der Waals surface area contributed by atoms with Crippen LogP contribution in [0.1, 0.15) is 47.7 Å². The van der Waals surface area contributed by atoms with Gasteiger partial charge in [0.15, 0.2) is 0 Å². The van der Waals surface area contributed by atoms with E-state index in [4.69, 9.17) is 0 Å². The Morgan fingerprint density at radius 1 is 1.30 bits per heavy atom. The highest BCUT2D eigenvalue weighted by atomic mass is 32.1. The first-order valence-corrected chi connectivity index (χ1v) is 8.67. The van der Waals surface area contributed by atoms with Crippen molar-refractivity contribution in [1.29, 1.82) is 0 Å². The molecule has 124 valence electrons. The summed E-state index contributed by atoms with van der Waals surface area (Å²) in [4.78, 5) is 24.8. The molecule has 6 heteroatoms. The zero-order valence-electron chi connectivity index (χ0n) is 14.4. The summed E-state index contributed by atoms with van der Waals surface area (Å²) < 4.78 is 0. The third-order valence-corrected chi connectivity index (χ3v) is 4.86. The van der Waals surface area contributed by atoms with Gasteiger partial charge in [-0.2, -0.15) is 0 Å². The van der Waals surface area contributed by atoms with Crippen molar-refractivity contribution >= 4 is 23.1 Å². The maximum Gasteiger partial charge on any atom is 0.255 e. The second-order valence-electron chi connectivity index (χ2n) is 5.91. The van der Waals surface area contributed by atoms with Crippen molar-refractivity contribution in [3.05, 3.63) is 40.0 Å². The maximum atomic E-state index is 12.1. The number of amides is 1. The maximum absolute atomic E-state index is 12.1. The summed E-state index contributed by atoms with van der Waals surface area (Å²) in [7, 11) is 3.77. The van der Waals surface area contributed by atoms with Crippen LogP contribution in [0.5, 0.6) is 0 Å². The van der Waals surface area contributed by atoms with Crippen LogP contribution >= 0.6 is 11.3 Å². The van der Waals surface area contributed by atoms with Gasteiger partial charge in [-0.05, 0) is 19.1 Å². The molecule has 0 aliphatic carbocycles. The van der Waals surface area contributed by atoms with Gasteiger partial charge in [-0.3, -0.25) is 4.79 Å². The van der Waals surface area contributed by atoms with E-state index in [1.54, 1.807) is 29.5 Å². The van der Waals surface area contributed by atoms with Crippen LogP contribution in [0.15, 0.2) is 23.7 Å². The normalized spacial score (nSPS) is 10.9. The monoisotopic (exact) mass is 332 g/mol. The molecule has 2 aromatic rings. The summed E-state index contributed by atoms with van der Waals surface area (Å²) >= 11 is 1.70. The Labute approximate surface area is 142 Å².